The van der Waals surface area contributed by atoms with E-state index in [-0.39, 0.29) is 17.5 Å². The summed E-state index contributed by atoms with van der Waals surface area (Å²) in [6.07, 6.45) is 0.617. The number of ether oxygens (including phenoxy) is 1. The number of carbonyl (C=O) groups excluding carboxylic acids is 1. The number of hydrogen-bond donors (Lipinski definition) is 1. The molecule has 1 aromatic rings. The van der Waals surface area contributed by atoms with Gasteiger partial charge in [-0.25, -0.2) is 13.2 Å². The molecular formula is C12H17NO5S. The van der Waals surface area contributed by atoms with E-state index in [0.29, 0.717) is 30.0 Å². The second kappa shape index (κ2) is 5.34. The molecule has 1 fully saturated rings. The van der Waals surface area contributed by atoms with Crippen molar-refractivity contribution >= 4 is 15.8 Å². The van der Waals surface area contributed by atoms with Gasteiger partial charge in [-0.3, -0.25) is 0 Å². The number of furan rings is 1. The first-order valence-corrected chi connectivity index (χ1v) is 7.85. The Morgan fingerprint density at radius 2 is 2.32 bits per heavy atom. The largest absolute Gasteiger partial charge is 0.465 e. The van der Waals surface area contributed by atoms with Crippen LogP contribution in [-0.4, -0.2) is 39.0 Å². The number of nitrogens with one attached hydrogen (secondary N) is 1. The average Bonchev–Trinajstić information content (AvgIpc) is 2.88. The molecule has 0 spiro atoms. The summed E-state index contributed by atoms with van der Waals surface area (Å²) in [5.41, 5.74) is 0.401. The van der Waals surface area contributed by atoms with Crippen LogP contribution in [0.1, 0.15) is 28.3 Å². The first-order chi connectivity index (χ1) is 8.91. The van der Waals surface area contributed by atoms with Crippen molar-refractivity contribution in [2.45, 2.75) is 25.9 Å². The van der Waals surface area contributed by atoms with Gasteiger partial charge in [-0.1, -0.05) is 0 Å². The highest BCUT2D eigenvalue weighted by molar-refractivity contribution is 7.91. The molecule has 6 nitrogen and oxygen atoms in total. The van der Waals surface area contributed by atoms with E-state index in [1.807, 2.05) is 0 Å². The summed E-state index contributed by atoms with van der Waals surface area (Å²) >= 11 is 0. The predicted molar refractivity (Wildman–Crippen MR) is 68.7 cm³/mol. The van der Waals surface area contributed by atoms with Crippen molar-refractivity contribution in [3.05, 3.63) is 23.2 Å². The lowest BCUT2D eigenvalue weighted by atomic mass is 10.2. The number of sulfone groups is 1. The van der Waals surface area contributed by atoms with Crippen molar-refractivity contribution in [2.24, 2.45) is 0 Å². The molecule has 2 heterocycles. The maximum Gasteiger partial charge on any atom is 0.341 e. The van der Waals surface area contributed by atoms with Gasteiger partial charge in [0.25, 0.3) is 0 Å². The quantitative estimate of drug-likeness (QED) is 0.818. The highest BCUT2D eigenvalue weighted by atomic mass is 32.2. The summed E-state index contributed by atoms with van der Waals surface area (Å²) in [5.74, 6) is 1.06. The molecule has 1 aromatic heterocycles. The lowest BCUT2D eigenvalue weighted by Crippen LogP contribution is -2.29. The minimum absolute atomic E-state index is 0.0445. The Kier molecular flexibility index (Phi) is 3.96. The standard InChI is InChI=1S/C12H17NO5S/c1-8-11(12(14)17-2)5-10(18-8)6-13-9-3-4-19(15,16)7-9/h5,9,13H,3-4,6-7H2,1-2H3. The summed E-state index contributed by atoms with van der Waals surface area (Å²) in [6, 6.07) is 1.58. The second-order valence-electron chi connectivity index (χ2n) is 4.66. The normalized spacial score (nSPS) is 21.5. The van der Waals surface area contributed by atoms with E-state index in [1.165, 1.54) is 7.11 Å². The summed E-state index contributed by atoms with van der Waals surface area (Å²) in [6.45, 7) is 2.09. The average molecular weight is 287 g/mol. The number of hydrogen-bond acceptors (Lipinski definition) is 6. The van der Waals surface area contributed by atoms with Crippen molar-refractivity contribution in [1.29, 1.82) is 0 Å². The third-order valence-electron chi connectivity index (χ3n) is 3.17. The molecule has 0 saturated carbocycles. The van der Waals surface area contributed by atoms with Gasteiger partial charge in [-0.15, -0.1) is 0 Å². The zero-order valence-electron chi connectivity index (χ0n) is 10.9. The maximum atomic E-state index is 11.4. The van der Waals surface area contributed by atoms with Crippen molar-refractivity contribution in [1.82, 2.24) is 5.32 Å². The van der Waals surface area contributed by atoms with E-state index in [2.05, 4.69) is 10.1 Å². The second-order valence-corrected chi connectivity index (χ2v) is 6.88. The number of aryl methyl sites for hydroxylation is 1. The monoisotopic (exact) mass is 287 g/mol. The smallest absolute Gasteiger partial charge is 0.341 e. The Labute approximate surface area is 112 Å². The van der Waals surface area contributed by atoms with Crippen LogP contribution in [0.4, 0.5) is 0 Å². The van der Waals surface area contributed by atoms with Crippen LogP contribution in [0, 0.1) is 6.92 Å². The SMILES string of the molecule is COC(=O)c1cc(CNC2CCS(=O)(=O)C2)oc1C. The summed E-state index contributed by atoms with van der Waals surface area (Å²) in [5, 5.41) is 3.13. The zero-order chi connectivity index (χ0) is 14.0. The van der Waals surface area contributed by atoms with Crippen LogP contribution in [-0.2, 0) is 21.1 Å². The van der Waals surface area contributed by atoms with E-state index in [9.17, 15) is 13.2 Å². The first-order valence-electron chi connectivity index (χ1n) is 6.03. The van der Waals surface area contributed by atoms with Crippen LogP contribution in [0.2, 0.25) is 0 Å². The summed E-state index contributed by atoms with van der Waals surface area (Å²) in [7, 11) is -1.57. The molecule has 0 amide bonds. The van der Waals surface area contributed by atoms with Gasteiger partial charge < -0.3 is 14.5 Å². The molecular weight excluding hydrogens is 270 g/mol. The van der Waals surface area contributed by atoms with E-state index in [4.69, 9.17) is 4.42 Å². The minimum Gasteiger partial charge on any atom is -0.465 e. The van der Waals surface area contributed by atoms with Crippen molar-refractivity contribution < 1.29 is 22.4 Å². The van der Waals surface area contributed by atoms with Gasteiger partial charge in [-0.05, 0) is 19.4 Å². The van der Waals surface area contributed by atoms with Crippen molar-refractivity contribution in [3.8, 4) is 0 Å². The molecule has 1 saturated heterocycles. The molecule has 7 heteroatoms. The Bertz CT molecular complexity index is 575. The lowest BCUT2D eigenvalue weighted by molar-refractivity contribution is 0.0599. The molecule has 19 heavy (non-hydrogen) atoms. The zero-order valence-corrected chi connectivity index (χ0v) is 11.7. The van der Waals surface area contributed by atoms with Gasteiger partial charge in [0.2, 0.25) is 0 Å². The molecule has 2 rings (SSSR count). The van der Waals surface area contributed by atoms with Crippen LogP contribution in [0.3, 0.4) is 0 Å². The predicted octanol–water partition coefficient (Wildman–Crippen LogP) is 0.651. The number of methoxy groups -OCH3 is 1. The fraction of sp³-hybridized carbons (Fsp3) is 0.583. The Morgan fingerprint density at radius 3 is 2.89 bits per heavy atom. The third kappa shape index (κ3) is 3.36. The Hall–Kier alpha value is -1.34. The van der Waals surface area contributed by atoms with Crippen LogP contribution in [0.25, 0.3) is 0 Å². The Morgan fingerprint density at radius 1 is 1.58 bits per heavy atom. The Balaban J connectivity index is 1.96. The van der Waals surface area contributed by atoms with Gasteiger partial charge >= 0.3 is 5.97 Å². The fourth-order valence-electron chi connectivity index (χ4n) is 2.14. The van der Waals surface area contributed by atoms with Crippen LogP contribution in [0.15, 0.2) is 10.5 Å². The fourth-order valence-corrected chi connectivity index (χ4v) is 3.85. The van der Waals surface area contributed by atoms with Crippen molar-refractivity contribution in [3.63, 3.8) is 0 Å². The lowest BCUT2D eigenvalue weighted by Gasteiger charge is -2.08. The maximum absolute atomic E-state index is 11.4. The van der Waals surface area contributed by atoms with Gasteiger partial charge in [0.1, 0.15) is 17.1 Å². The molecule has 0 aliphatic carbocycles. The van der Waals surface area contributed by atoms with Gasteiger partial charge in [0, 0.05) is 6.04 Å². The number of rotatable bonds is 4. The van der Waals surface area contributed by atoms with E-state index >= 15 is 0 Å². The van der Waals surface area contributed by atoms with Gasteiger partial charge in [0.05, 0.1) is 25.2 Å². The van der Waals surface area contributed by atoms with Crippen LogP contribution < -0.4 is 5.32 Å². The first kappa shape index (κ1) is 14.1. The van der Waals surface area contributed by atoms with Crippen molar-refractivity contribution in [2.75, 3.05) is 18.6 Å². The summed E-state index contributed by atoms with van der Waals surface area (Å²) < 4.78 is 32.7. The molecule has 0 radical (unpaired) electrons. The topological polar surface area (TPSA) is 85.6 Å². The number of esters is 1. The van der Waals surface area contributed by atoms with Crippen LogP contribution >= 0.6 is 0 Å². The highest BCUT2D eigenvalue weighted by Gasteiger charge is 2.27. The van der Waals surface area contributed by atoms with Crippen LogP contribution in [0.5, 0.6) is 0 Å². The van der Waals surface area contributed by atoms with Gasteiger partial charge in [-0.2, -0.15) is 0 Å². The molecule has 1 N–H and O–H groups in total. The van der Waals surface area contributed by atoms with E-state index in [1.54, 1.807) is 13.0 Å². The third-order valence-corrected chi connectivity index (χ3v) is 4.94. The van der Waals surface area contributed by atoms with E-state index in [0.717, 1.165) is 0 Å². The molecule has 106 valence electrons. The molecule has 0 bridgehead atoms. The van der Waals surface area contributed by atoms with Gasteiger partial charge in [0.15, 0.2) is 9.84 Å². The molecule has 1 aliphatic rings. The number of carbonyl (C=O) groups is 1. The minimum atomic E-state index is -2.89. The highest BCUT2D eigenvalue weighted by Crippen LogP contribution is 2.17. The molecule has 1 atom stereocenters. The van der Waals surface area contributed by atoms with E-state index < -0.39 is 15.8 Å². The summed E-state index contributed by atoms with van der Waals surface area (Å²) in [4.78, 5) is 11.4. The molecule has 0 aromatic carbocycles. The molecule has 1 aliphatic heterocycles. The molecule has 1 unspecified atom stereocenters.